The number of hydrogen-bond donors (Lipinski definition) is 3. The van der Waals surface area contributed by atoms with E-state index in [-0.39, 0.29) is 11.8 Å². The van der Waals surface area contributed by atoms with Gasteiger partial charge in [-0.2, -0.15) is 5.10 Å². The Balaban J connectivity index is 1.96. The van der Waals surface area contributed by atoms with Crippen LogP contribution in [0.4, 0.5) is 5.82 Å². The van der Waals surface area contributed by atoms with E-state index in [0.29, 0.717) is 23.8 Å². The van der Waals surface area contributed by atoms with Crippen LogP contribution in [0.15, 0.2) is 36.7 Å². The van der Waals surface area contributed by atoms with Crippen molar-refractivity contribution in [3.8, 4) is 28.3 Å². The molecule has 0 spiro atoms. The summed E-state index contributed by atoms with van der Waals surface area (Å²) in [4.78, 5) is 9.04. The van der Waals surface area contributed by atoms with Crippen LogP contribution in [0.3, 0.4) is 0 Å². The molecule has 0 radical (unpaired) electrons. The minimum Gasteiger partial charge on any atom is -0.507 e. The van der Waals surface area contributed by atoms with E-state index in [1.54, 1.807) is 16.9 Å². The maximum Gasteiger partial charge on any atom is 0.165 e. The molecule has 26 heavy (non-hydrogen) atoms. The van der Waals surface area contributed by atoms with E-state index in [1.165, 1.54) is 0 Å². The highest BCUT2D eigenvalue weighted by molar-refractivity contribution is 5.74. The Bertz CT molecular complexity index is 905. The van der Waals surface area contributed by atoms with Gasteiger partial charge in [-0.25, -0.2) is 9.97 Å². The van der Waals surface area contributed by atoms with Crippen LogP contribution in [0.5, 0.6) is 5.75 Å². The molecule has 4 N–H and O–H groups in total. The minimum absolute atomic E-state index is 0.0658. The fraction of sp³-hybridized carbons (Fsp3) is 0.316. The van der Waals surface area contributed by atoms with Crippen LogP contribution in [0.1, 0.15) is 19.0 Å². The predicted octanol–water partition coefficient (Wildman–Crippen LogP) is 2.71. The Morgan fingerprint density at radius 1 is 1.23 bits per heavy atom. The molecular weight excluding hydrogens is 328 g/mol. The molecule has 0 saturated heterocycles. The predicted molar refractivity (Wildman–Crippen MR) is 103 cm³/mol. The number of aryl methyl sites for hydroxylation is 2. The smallest absolute Gasteiger partial charge is 0.165 e. The first-order valence-corrected chi connectivity index (χ1v) is 8.63. The summed E-state index contributed by atoms with van der Waals surface area (Å²) in [6, 6.07) is 7.32. The first-order valence-electron chi connectivity index (χ1n) is 8.63. The molecule has 3 aromatic rings. The molecule has 0 aliphatic rings. The first kappa shape index (κ1) is 17.9. The number of aromatic hydroxyl groups is 1. The molecule has 7 nitrogen and oxygen atoms in total. The molecule has 0 aliphatic heterocycles. The van der Waals surface area contributed by atoms with Crippen LogP contribution < -0.4 is 11.1 Å². The Kier molecular flexibility index (Phi) is 5.18. The molecule has 136 valence electrons. The van der Waals surface area contributed by atoms with Gasteiger partial charge >= 0.3 is 0 Å². The van der Waals surface area contributed by atoms with E-state index in [4.69, 9.17) is 5.73 Å². The molecule has 0 aliphatic carbocycles. The van der Waals surface area contributed by atoms with Crippen molar-refractivity contribution in [2.45, 2.75) is 26.3 Å². The Morgan fingerprint density at radius 3 is 2.73 bits per heavy atom. The third-order valence-corrected chi connectivity index (χ3v) is 4.20. The third-order valence-electron chi connectivity index (χ3n) is 4.20. The first-order chi connectivity index (χ1) is 12.5. The molecule has 0 unspecified atom stereocenters. The van der Waals surface area contributed by atoms with Crippen LogP contribution in [-0.4, -0.2) is 37.4 Å². The topological polar surface area (TPSA) is 102 Å². The van der Waals surface area contributed by atoms with Crippen LogP contribution in [0.25, 0.3) is 22.5 Å². The third kappa shape index (κ3) is 4.00. The molecule has 2 heterocycles. The molecule has 1 atom stereocenters. The van der Waals surface area contributed by atoms with Gasteiger partial charge in [0.05, 0.1) is 11.8 Å². The number of aromatic nitrogens is 4. The van der Waals surface area contributed by atoms with E-state index in [2.05, 4.69) is 20.4 Å². The number of phenolic OH excluding ortho intramolecular Hbond substituents is 1. The fourth-order valence-corrected chi connectivity index (χ4v) is 2.62. The summed E-state index contributed by atoms with van der Waals surface area (Å²) in [6.45, 7) is 4.58. The molecule has 3 rings (SSSR count). The second-order valence-corrected chi connectivity index (χ2v) is 6.40. The van der Waals surface area contributed by atoms with Crippen molar-refractivity contribution < 1.29 is 5.11 Å². The molecule has 0 fully saturated rings. The number of hydrogen-bond acceptors (Lipinski definition) is 6. The molecule has 0 saturated carbocycles. The van der Waals surface area contributed by atoms with Crippen molar-refractivity contribution in [3.05, 3.63) is 42.4 Å². The lowest BCUT2D eigenvalue weighted by molar-refractivity contribution is 0.477. The Hall–Kier alpha value is -2.93. The van der Waals surface area contributed by atoms with Crippen LogP contribution in [0.2, 0.25) is 0 Å². The summed E-state index contributed by atoms with van der Waals surface area (Å²) < 4.78 is 1.74. The number of benzene rings is 1. The lowest BCUT2D eigenvalue weighted by atomic mass is 10.0. The summed E-state index contributed by atoms with van der Waals surface area (Å²) in [5, 5.41) is 17.8. The quantitative estimate of drug-likeness (QED) is 0.630. The highest BCUT2D eigenvalue weighted by atomic mass is 16.3. The van der Waals surface area contributed by atoms with Crippen molar-refractivity contribution in [3.63, 3.8) is 0 Å². The van der Waals surface area contributed by atoms with Crippen molar-refractivity contribution in [1.82, 2.24) is 19.7 Å². The Morgan fingerprint density at radius 2 is 2.04 bits per heavy atom. The molecule has 1 aromatic carbocycles. The summed E-state index contributed by atoms with van der Waals surface area (Å²) in [5.41, 5.74) is 9.27. The SMILES string of the molecule is CC[C@@H](N)CNc1cc(C)nc(-c2cc(-c3cnn(C)c3)ccc2O)n1. The number of rotatable bonds is 6. The van der Waals surface area contributed by atoms with Crippen molar-refractivity contribution in [2.75, 3.05) is 11.9 Å². The van der Waals surface area contributed by atoms with Crippen molar-refractivity contribution in [1.29, 1.82) is 0 Å². The number of nitrogens with one attached hydrogen (secondary N) is 1. The second kappa shape index (κ2) is 7.53. The number of nitrogens with two attached hydrogens (primary N) is 1. The lowest BCUT2D eigenvalue weighted by Crippen LogP contribution is -2.28. The number of nitrogens with zero attached hydrogens (tertiary/aromatic N) is 4. The van der Waals surface area contributed by atoms with Crippen LogP contribution in [0, 0.1) is 6.92 Å². The molecule has 0 bridgehead atoms. The maximum atomic E-state index is 10.3. The zero-order valence-electron chi connectivity index (χ0n) is 15.3. The molecular formula is C19H24N6O. The summed E-state index contributed by atoms with van der Waals surface area (Å²) in [6.07, 6.45) is 4.59. The van der Waals surface area contributed by atoms with E-state index < -0.39 is 0 Å². The normalized spacial score (nSPS) is 12.2. The van der Waals surface area contributed by atoms with Gasteiger partial charge in [-0.1, -0.05) is 13.0 Å². The molecule has 7 heteroatoms. The van der Waals surface area contributed by atoms with Gasteiger partial charge in [0.25, 0.3) is 0 Å². The monoisotopic (exact) mass is 352 g/mol. The average molecular weight is 352 g/mol. The maximum absolute atomic E-state index is 10.3. The largest absolute Gasteiger partial charge is 0.507 e. The van der Waals surface area contributed by atoms with Crippen molar-refractivity contribution in [2.24, 2.45) is 12.8 Å². The highest BCUT2D eigenvalue weighted by Gasteiger charge is 2.12. The standard InChI is InChI=1S/C19H24N6O/c1-4-15(20)10-21-18-7-12(2)23-19(24-18)16-8-13(5-6-17(16)26)14-9-22-25(3)11-14/h5-9,11,15,26H,4,10,20H2,1-3H3,(H,21,23,24)/t15-/m1/s1. The van der Waals surface area contributed by atoms with Gasteiger partial charge in [-0.3, -0.25) is 4.68 Å². The van der Waals surface area contributed by atoms with Crippen LogP contribution in [-0.2, 0) is 7.05 Å². The summed E-state index contributed by atoms with van der Waals surface area (Å²) in [7, 11) is 1.87. The van der Waals surface area contributed by atoms with Gasteiger partial charge in [-0.15, -0.1) is 0 Å². The van der Waals surface area contributed by atoms with Gasteiger partial charge in [0, 0.05) is 43.2 Å². The van der Waals surface area contributed by atoms with E-state index in [0.717, 1.165) is 23.2 Å². The van der Waals surface area contributed by atoms with Gasteiger partial charge in [-0.05, 0) is 31.0 Å². The second-order valence-electron chi connectivity index (χ2n) is 6.40. The van der Waals surface area contributed by atoms with Crippen molar-refractivity contribution >= 4 is 5.82 Å². The van der Waals surface area contributed by atoms with E-state index in [1.807, 2.05) is 45.3 Å². The van der Waals surface area contributed by atoms with Gasteiger partial charge in [0.1, 0.15) is 11.6 Å². The number of phenols is 1. The van der Waals surface area contributed by atoms with E-state index in [9.17, 15) is 5.11 Å². The minimum atomic E-state index is 0.0658. The zero-order chi connectivity index (χ0) is 18.7. The van der Waals surface area contributed by atoms with E-state index >= 15 is 0 Å². The summed E-state index contributed by atoms with van der Waals surface area (Å²) in [5.74, 6) is 1.31. The molecule has 0 amide bonds. The lowest BCUT2D eigenvalue weighted by Gasteiger charge is -2.13. The highest BCUT2D eigenvalue weighted by Crippen LogP contribution is 2.32. The zero-order valence-corrected chi connectivity index (χ0v) is 15.3. The van der Waals surface area contributed by atoms with Gasteiger partial charge < -0.3 is 16.2 Å². The molecule has 2 aromatic heterocycles. The average Bonchev–Trinajstić information content (AvgIpc) is 3.06. The Labute approximate surface area is 152 Å². The number of anilines is 1. The van der Waals surface area contributed by atoms with Gasteiger partial charge in [0.2, 0.25) is 0 Å². The van der Waals surface area contributed by atoms with Crippen LogP contribution >= 0.6 is 0 Å². The fourth-order valence-electron chi connectivity index (χ4n) is 2.62. The summed E-state index contributed by atoms with van der Waals surface area (Å²) >= 11 is 0. The van der Waals surface area contributed by atoms with Gasteiger partial charge in [0.15, 0.2) is 5.82 Å².